The quantitative estimate of drug-likeness (QED) is 0.753. The van der Waals surface area contributed by atoms with Gasteiger partial charge in [-0.1, -0.05) is 6.07 Å². The third-order valence-electron chi connectivity index (χ3n) is 2.99. The molecule has 2 aromatic rings. The molecule has 2 rings (SSSR count). The standard InChI is InChI=1S/C13H15N3O/c1-8-12-6-5-11(16(4)10(3)17)7-13(12)9(2)15-14-8/h5-7H,1-4H3. The van der Waals surface area contributed by atoms with Gasteiger partial charge in [0.05, 0.1) is 11.4 Å². The van der Waals surface area contributed by atoms with Gasteiger partial charge in [-0.15, -0.1) is 0 Å². The molecular weight excluding hydrogens is 214 g/mol. The Kier molecular flexibility index (Phi) is 2.79. The summed E-state index contributed by atoms with van der Waals surface area (Å²) in [7, 11) is 1.76. The molecule has 0 aliphatic heterocycles. The predicted octanol–water partition coefficient (Wildman–Crippen LogP) is 2.23. The van der Waals surface area contributed by atoms with Gasteiger partial charge in [0.15, 0.2) is 0 Å². The molecule has 0 spiro atoms. The van der Waals surface area contributed by atoms with Crippen LogP contribution in [0.3, 0.4) is 0 Å². The summed E-state index contributed by atoms with van der Waals surface area (Å²) in [6.07, 6.45) is 0. The van der Waals surface area contributed by atoms with Gasteiger partial charge < -0.3 is 4.90 Å². The number of nitrogens with zero attached hydrogens (tertiary/aromatic N) is 3. The Morgan fingerprint density at radius 1 is 1.12 bits per heavy atom. The number of carbonyl (C=O) groups is 1. The molecule has 88 valence electrons. The average Bonchev–Trinajstić information content (AvgIpc) is 2.32. The van der Waals surface area contributed by atoms with E-state index < -0.39 is 0 Å². The molecule has 4 nitrogen and oxygen atoms in total. The first-order valence-electron chi connectivity index (χ1n) is 5.48. The van der Waals surface area contributed by atoms with Gasteiger partial charge in [-0.25, -0.2) is 0 Å². The summed E-state index contributed by atoms with van der Waals surface area (Å²) in [4.78, 5) is 12.9. The van der Waals surface area contributed by atoms with Gasteiger partial charge in [0.2, 0.25) is 5.91 Å². The van der Waals surface area contributed by atoms with Crippen molar-refractivity contribution < 1.29 is 4.79 Å². The minimum Gasteiger partial charge on any atom is -0.316 e. The van der Waals surface area contributed by atoms with Crippen LogP contribution in [-0.2, 0) is 4.79 Å². The molecule has 0 N–H and O–H groups in total. The SMILES string of the molecule is CC(=O)N(C)c1ccc2c(C)nnc(C)c2c1. The Hall–Kier alpha value is -1.97. The van der Waals surface area contributed by atoms with Crippen LogP contribution in [0.1, 0.15) is 18.3 Å². The molecule has 1 amide bonds. The Morgan fingerprint density at radius 2 is 1.71 bits per heavy atom. The van der Waals surface area contributed by atoms with Crippen molar-refractivity contribution in [2.45, 2.75) is 20.8 Å². The number of rotatable bonds is 1. The third kappa shape index (κ3) is 1.98. The number of anilines is 1. The van der Waals surface area contributed by atoms with Crippen molar-refractivity contribution >= 4 is 22.4 Å². The van der Waals surface area contributed by atoms with E-state index in [0.29, 0.717) is 0 Å². The highest BCUT2D eigenvalue weighted by Gasteiger charge is 2.09. The molecule has 0 fully saturated rings. The lowest BCUT2D eigenvalue weighted by atomic mass is 10.1. The van der Waals surface area contributed by atoms with Gasteiger partial charge in [-0.05, 0) is 26.0 Å². The van der Waals surface area contributed by atoms with Gasteiger partial charge in [0, 0.05) is 30.4 Å². The normalized spacial score (nSPS) is 10.6. The summed E-state index contributed by atoms with van der Waals surface area (Å²) >= 11 is 0. The lowest BCUT2D eigenvalue weighted by molar-refractivity contribution is -0.116. The molecule has 0 aliphatic rings. The summed E-state index contributed by atoms with van der Waals surface area (Å²) in [5.41, 5.74) is 2.66. The van der Waals surface area contributed by atoms with Crippen LogP contribution in [0.4, 0.5) is 5.69 Å². The van der Waals surface area contributed by atoms with E-state index in [2.05, 4.69) is 10.2 Å². The summed E-state index contributed by atoms with van der Waals surface area (Å²) < 4.78 is 0. The van der Waals surface area contributed by atoms with E-state index >= 15 is 0 Å². The number of hydrogen-bond donors (Lipinski definition) is 0. The highest BCUT2D eigenvalue weighted by molar-refractivity contribution is 5.95. The largest absolute Gasteiger partial charge is 0.316 e. The monoisotopic (exact) mass is 229 g/mol. The van der Waals surface area contributed by atoms with Crippen LogP contribution in [-0.4, -0.2) is 23.2 Å². The van der Waals surface area contributed by atoms with Gasteiger partial charge >= 0.3 is 0 Å². The minimum absolute atomic E-state index is 0.0146. The second-order valence-electron chi connectivity index (χ2n) is 4.18. The molecule has 1 aromatic carbocycles. The zero-order valence-corrected chi connectivity index (χ0v) is 10.5. The molecular formula is C13H15N3O. The molecule has 0 aliphatic carbocycles. The fourth-order valence-electron chi connectivity index (χ4n) is 1.80. The number of fused-ring (bicyclic) bond motifs is 1. The van der Waals surface area contributed by atoms with E-state index in [4.69, 9.17) is 0 Å². The number of benzene rings is 1. The number of amides is 1. The second kappa shape index (κ2) is 4.13. The molecule has 4 heteroatoms. The zero-order chi connectivity index (χ0) is 12.6. The van der Waals surface area contributed by atoms with Gasteiger partial charge in [-0.3, -0.25) is 4.79 Å². The number of aryl methyl sites for hydroxylation is 2. The molecule has 0 saturated carbocycles. The molecule has 1 aromatic heterocycles. The van der Waals surface area contributed by atoms with Crippen molar-refractivity contribution in [3.63, 3.8) is 0 Å². The Bertz CT molecular complexity index is 592. The predicted molar refractivity (Wildman–Crippen MR) is 68.1 cm³/mol. The highest BCUT2D eigenvalue weighted by Crippen LogP contribution is 2.24. The first-order chi connectivity index (χ1) is 8.00. The van der Waals surface area contributed by atoms with Gasteiger partial charge in [-0.2, -0.15) is 10.2 Å². The van der Waals surface area contributed by atoms with Crippen LogP contribution < -0.4 is 4.90 Å². The first kappa shape index (κ1) is 11.5. The first-order valence-corrected chi connectivity index (χ1v) is 5.48. The lowest BCUT2D eigenvalue weighted by Crippen LogP contribution is -2.22. The number of aromatic nitrogens is 2. The average molecular weight is 229 g/mol. The van der Waals surface area contributed by atoms with Crippen LogP contribution in [0.2, 0.25) is 0 Å². The van der Waals surface area contributed by atoms with Crippen LogP contribution in [0.25, 0.3) is 10.8 Å². The zero-order valence-electron chi connectivity index (χ0n) is 10.5. The topological polar surface area (TPSA) is 46.1 Å². The Balaban J connectivity index is 2.65. The van der Waals surface area contributed by atoms with E-state index in [1.165, 1.54) is 0 Å². The van der Waals surface area contributed by atoms with Crippen LogP contribution >= 0.6 is 0 Å². The van der Waals surface area contributed by atoms with Crippen LogP contribution in [0, 0.1) is 13.8 Å². The molecule has 0 bridgehead atoms. The van der Waals surface area contributed by atoms with Crippen molar-refractivity contribution in [1.82, 2.24) is 10.2 Å². The molecule has 0 saturated heterocycles. The van der Waals surface area contributed by atoms with Gasteiger partial charge in [0.1, 0.15) is 0 Å². The Labute approximate surface area is 100 Å². The summed E-state index contributed by atoms with van der Waals surface area (Å²) in [5, 5.41) is 10.3. The number of carbonyl (C=O) groups excluding carboxylic acids is 1. The van der Waals surface area contributed by atoms with Crippen molar-refractivity contribution in [3.8, 4) is 0 Å². The molecule has 1 heterocycles. The van der Waals surface area contributed by atoms with Crippen molar-refractivity contribution in [2.24, 2.45) is 0 Å². The smallest absolute Gasteiger partial charge is 0.223 e. The van der Waals surface area contributed by atoms with Crippen molar-refractivity contribution in [3.05, 3.63) is 29.6 Å². The maximum Gasteiger partial charge on any atom is 0.223 e. The molecule has 17 heavy (non-hydrogen) atoms. The number of hydrogen-bond acceptors (Lipinski definition) is 3. The maximum absolute atomic E-state index is 11.3. The maximum atomic E-state index is 11.3. The molecule has 0 radical (unpaired) electrons. The van der Waals surface area contributed by atoms with E-state index in [0.717, 1.165) is 27.8 Å². The Morgan fingerprint density at radius 3 is 2.29 bits per heavy atom. The van der Waals surface area contributed by atoms with E-state index in [1.807, 2.05) is 32.0 Å². The van der Waals surface area contributed by atoms with Crippen LogP contribution in [0.5, 0.6) is 0 Å². The molecule has 0 unspecified atom stereocenters. The fourth-order valence-corrected chi connectivity index (χ4v) is 1.80. The van der Waals surface area contributed by atoms with Crippen molar-refractivity contribution in [1.29, 1.82) is 0 Å². The van der Waals surface area contributed by atoms with Gasteiger partial charge in [0.25, 0.3) is 0 Å². The lowest BCUT2D eigenvalue weighted by Gasteiger charge is -2.16. The summed E-state index contributed by atoms with van der Waals surface area (Å²) in [5.74, 6) is 0.0146. The van der Waals surface area contributed by atoms with Crippen LogP contribution in [0.15, 0.2) is 18.2 Å². The third-order valence-corrected chi connectivity index (χ3v) is 2.99. The summed E-state index contributed by atoms with van der Waals surface area (Å²) in [6, 6.07) is 5.90. The second-order valence-corrected chi connectivity index (χ2v) is 4.18. The van der Waals surface area contributed by atoms with E-state index in [1.54, 1.807) is 18.9 Å². The minimum atomic E-state index is 0.0146. The van der Waals surface area contributed by atoms with Crippen molar-refractivity contribution in [2.75, 3.05) is 11.9 Å². The fraction of sp³-hybridized carbons (Fsp3) is 0.308. The summed E-state index contributed by atoms with van der Waals surface area (Å²) in [6.45, 7) is 5.41. The van der Waals surface area contributed by atoms with E-state index in [-0.39, 0.29) is 5.91 Å². The highest BCUT2D eigenvalue weighted by atomic mass is 16.2. The molecule has 0 atom stereocenters. The van der Waals surface area contributed by atoms with E-state index in [9.17, 15) is 4.79 Å².